The lowest BCUT2D eigenvalue weighted by Crippen LogP contribution is -2.29. The van der Waals surface area contributed by atoms with Crippen LogP contribution in [0.1, 0.15) is 29.8 Å². The topological polar surface area (TPSA) is 48.1 Å². The van der Waals surface area contributed by atoms with E-state index in [-0.39, 0.29) is 5.91 Å². The summed E-state index contributed by atoms with van der Waals surface area (Å²) in [4.78, 5) is 18.1. The van der Waals surface area contributed by atoms with Gasteiger partial charge in [-0.05, 0) is 61.7 Å². The number of nitrogens with one attached hydrogen (secondary N) is 2. The zero-order valence-electron chi connectivity index (χ0n) is 14.2. The van der Waals surface area contributed by atoms with Gasteiger partial charge in [-0.1, -0.05) is 23.2 Å². The first-order chi connectivity index (χ1) is 12.6. The van der Waals surface area contributed by atoms with Crippen LogP contribution in [0, 0.1) is 0 Å². The fraction of sp³-hybridized carbons (Fsp3) is 0.250. The van der Waals surface area contributed by atoms with Crippen molar-refractivity contribution in [3.63, 3.8) is 0 Å². The highest BCUT2D eigenvalue weighted by atomic mass is 35.5. The molecule has 1 aliphatic heterocycles. The second kappa shape index (κ2) is 7.22. The summed E-state index contributed by atoms with van der Waals surface area (Å²) in [6.07, 6.45) is 3.78. The van der Waals surface area contributed by atoms with Crippen LogP contribution in [-0.4, -0.2) is 24.0 Å². The van der Waals surface area contributed by atoms with Crippen molar-refractivity contribution < 1.29 is 4.79 Å². The van der Waals surface area contributed by atoms with Gasteiger partial charge in [-0.2, -0.15) is 0 Å². The molecule has 4 nitrogen and oxygen atoms in total. The summed E-state index contributed by atoms with van der Waals surface area (Å²) < 4.78 is 0. The molecule has 1 saturated heterocycles. The first kappa shape index (κ1) is 17.3. The number of aromatic amines is 1. The molecule has 1 fully saturated rings. The maximum absolute atomic E-state index is 12.6. The molecule has 2 aromatic carbocycles. The predicted molar refractivity (Wildman–Crippen MR) is 109 cm³/mol. The predicted octanol–water partition coefficient (Wildman–Crippen LogP) is 5.72. The van der Waals surface area contributed by atoms with E-state index < -0.39 is 0 Å². The molecule has 0 saturated carbocycles. The summed E-state index contributed by atoms with van der Waals surface area (Å²) >= 11 is 12.4. The summed E-state index contributed by atoms with van der Waals surface area (Å²) in [6.45, 7) is 2.19. The smallest absolute Gasteiger partial charge is 0.273 e. The van der Waals surface area contributed by atoms with Crippen LogP contribution < -0.4 is 10.2 Å². The second-order valence-corrected chi connectivity index (χ2v) is 7.37. The standard InChI is InChI=1S/C20H19Cl2N3O/c21-13-4-9-17-16(12-13)18(22)19(24-17)20(26)23-14-5-7-15(8-6-14)25-10-2-1-3-11-25/h4-9,12,24H,1-3,10-11H2,(H,23,26). The summed E-state index contributed by atoms with van der Waals surface area (Å²) in [7, 11) is 0. The van der Waals surface area contributed by atoms with Crippen molar-refractivity contribution in [1.82, 2.24) is 4.98 Å². The Bertz CT molecular complexity index is 944. The molecule has 4 rings (SSSR count). The van der Waals surface area contributed by atoms with Gasteiger partial charge in [0.1, 0.15) is 5.69 Å². The van der Waals surface area contributed by atoms with Crippen LogP contribution in [0.15, 0.2) is 42.5 Å². The minimum absolute atomic E-state index is 0.270. The van der Waals surface area contributed by atoms with Gasteiger partial charge in [0.05, 0.1) is 5.02 Å². The molecule has 26 heavy (non-hydrogen) atoms. The Morgan fingerprint density at radius 1 is 1.00 bits per heavy atom. The average Bonchev–Trinajstić information content (AvgIpc) is 2.99. The van der Waals surface area contributed by atoms with Gasteiger partial charge in [0, 0.05) is 40.4 Å². The minimum atomic E-state index is -0.270. The van der Waals surface area contributed by atoms with Gasteiger partial charge in [0.15, 0.2) is 0 Å². The zero-order valence-corrected chi connectivity index (χ0v) is 15.7. The van der Waals surface area contributed by atoms with Gasteiger partial charge < -0.3 is 15.2 Å². The van der Waals surface area contributed by atoms with Crippen LogP contribution in [0.3, 0.4) is 0 Å². The van der Waals surface area contributed by atoms with Gasteiger partial charge in [-0.25, -0.2) is 0 Å². The molecule has 0 spiro atoms. The summed E-state index contributed by atoms with van der Waals surface area (Å²) in [5.74, 6) is -0.270. The van der Waals surface area contributed by atoms with Gasteiger partial charge in [0.25, 0.3) is 5.91 Å². The lowest BCUT2D eigenvalue weighted by atomic mass is 10.1. The molecule has 1 aliphatic rings. The number of H-pyrrole nitrogens is 1. The fourth-order valence-corrected chi connectivity index (χ4v) is 3.85. The van der Waals surface area contributed by atoms with Crippen molar-refractivity contribution in [2.75, 3.05) is 23.3 Å². The van der Waals surface area contributed by atoms with E-state index >= 15 is 0 Å². The van der Waals surface area contributed by atoms with Crippen molar-refractivity contribution in [3.8, 4) is 0 Å². The molecule has 1 aromatic heterocycles. The highest BCUT2D eigenvalue weighted by Gasteiger charge is 2.17. The molecule has 2 N–H and O–H groups in total. The lowest BCUT2D eigenvalue weighted by molar-refractivity contribution is 0.102. The summed E-state index contributed by atoms with van der Waals surface area (Å²) in [5.41, 5.74) is 3.05. The molecular weight excluding hydrogens is 369 g/mol. The molecule has 2 heterocycles. The van der Waals surface area contributed by atoms with Crippen molar-refractivity contribution >= 4 is 51.4 Å². The number of piperidine rings is 1. The fourth-order valence-electron chi connectivity index (χ4n) is 3.39. The maximum atomic E-state index is 12.6. The largest absolute Gasteiger partial charge is 0.372 e. The van der Waals surface area contributed by atoms with E-state index in [1.165, 1.54) is 24.9 Å². The number of fused-ring (bicyclic) bond motifs is 1. The van der Waals surface area contributed by atoms with Crippen LogP contribution in [0.2, 0.25) is 10.0 Å². The molecule has 3 aromatic rings. The number of anilines is 2. The third-order valence-corrected chi connectivity index (χ3v) is 5.40. The Morgan fingerprint density at radius 2 is 1.73 bits per heavy atom. The summed E-state index contributed by atoms with van der Waals surface area (Å²) in [6, 6.07) is 13.3. The summed E-state index contributed by atoms with van der Waals surface area (Å²) in [5, 5.41) is 4.60. The molecule has 0 radical (unpaired) electrons. The number of hydrogen-bond acceptors (Lipinski definition) is 2. The van der Waals surface area contributed by atoms with E-state index in [1.807, 2.05) is 30.3 Å². The van der Waals surface area contributed by atoms with E-state index in [0.717, 1.165) is 29.7 Å². The van der Waals surface area contributed by atoms with Crippen LogP contribution in [0.5, 0.6) is 0 Å². The second-order valence-electron chi connectivity index (χ2n) is 6.55. The van der Waals surface area contributed by atoms with Gasteiger partial charge in [-0.3, -0.25) is 4.79 Å². The van der Waals surface area contributed by atoms with Crippen LogP contribution >= 0.6 is 23.2 Å². The number of nitrogens with zero attached hydrogens (tertiary/aromatic N) is 1. The molecule has 1 amide bonds. The number of rotatable bonds is 3. The molecule has 134 valence electrons. The first-order valence-corrected chi connectivity index (χ1v) is 9.50. The zero-order chi connectivity index (χ0) is 18.1. The highest BCUT2D eigenvalue weighted by molar-refractivity contribution is 6.40. The van der Waals surface area contributed by atoms with Crippen LogP contribution in [0.25, 0.3) is 10.9 Å². The lowest BCUT2D eigenvalue weighted by Gasteiger charge is -2.28. The minimum Gasteiger partial charge on any atom is -0.372 e. The first-order valence-electron chi connectivity index (χ1n) is 8.75. The van der Waals surface area contributed by atoms with Gasteiger partial charge in [0.2, 0.25) is 0 Å². The molecule has 0 aliphatic carbocycles. The normalized spacial score (nSPS) is 14.6. The van der Waals surface area contributed by atoms with Crippen LogP contribution in [-0.2, 0) is 0 Å². The molecule has 0 bridgehead atoms. The number of hydrogen-bond donors (Lipinski definition) is 2. The van der Waals surface area contributed by atoms with E-state index in [9.17, 15) is 4.79 Å². The highest BCUT2D eigenvalue weighted by Crippen LogP contribution is 2.30. The van der Waals surface area contributed by atoms with Crippen molar-refractivity contribution in [3.05, 3.63) is 58.2 Å². The number of carbonyl (C=O) groups excluding carboxylic acids is 1. The van der Waals surface area contributed by atoms with E-state index in [4.69, 9.17) is 23.2 Å². The molecule has 0 atom stereocenters. The van der Waals surface area contributed by atoms with E-state index in [2.05, 4.69) is 15.2 Å². The Balaban J connectivity index is 1.52. The number of amides is 1. The molecule has 0 unspecified atom stereocenters. The van der Waals surface area contributed by atoms with Crippen LogP contribution in [0.4, 0.5) is 11.4 Å². The SMILES string of the molecule is O=C(Nc1ccc(N2CCCCC2)cc1)c1[nH]c2ccc(Cl)cc2c1Cl. The van der Waals surface area contributed by atoms with Gasteiger partial charge >= 0.3 is 0 Å². The average molecular weight is 388 g/mol. The van der Waals surface area contributed by atoms with E-state index in [1.54, 1.807) is 12.1 Å². The van der Waals surface area contributed by atoms with Crippen molar-refractivity contribution in [2.45, 2.75) is 19.3 Å². The third-order valence-electron chi connectivity index (χ3n) is 4.77. The van der Waals surface area contributed by atoms with E-state index in [0.29, 0.717) is 15.7 Å². The van der Waals surface area contributed by atoms with Crippen molar-refractivity contribution in [1.29, 1.82) is 0 Å². The molecule has 6 heteroatoms. The number of carbonyl (C=O) groups is 1. The van der Waals surface area contributed by atoms with Crippen molar-refractivity contribution in [2.24, 2.45) is 0 Å². The maximum Gasteiger partial charge on any atom is 0.273 e. The Morgan fingerprint density at radius 3 is 2.46 bits per heavy atom. The van der Waals surface area contributed by atoms with Gasteiger partial charge in [-0.15, -0.1) is 0 Å². The Kier molecular flexibility index (Phi) is 4.79. The number of halogens is 2. The Hall–Kier alpha value is -2.17. The monoisotopic (exact) mass is 387 g/mol. The number of benzene rings is 2. The Labute approximate surface area is 162 Å². The quantitative estimate of drug-likeness (QED) is 0.603. The molecular formula is C20H19Cl2N3O. The third kappa shape index (κ3) is 3.39. The number of aromatic nitrogens is 1.